The van der Waals surface area contributed by atoms with Crippen LogP contribution in [-0.2, 0) is 11.0 Å². The van der Waals surface area contributed by atoms with E-state index in [1.165, 1.54) is 24.1 Å². The molecule has 10 heteroatoms. The molecule has 2 aromatic carbocycles. The second-order valence-corrected chi connectivity index (χ2v) is 7.78. The van der Waals surface area contributed by atoms with E-state index in [0.29, 0.717) is 33.2 Å². The maximum Gasteiger partial charge on any atom is 0.274 e. The van der Waals surface area contributed by atoms with Crippen LogP contribution in [0.25, 0.3) is 16.7 Å². The molecule has 0 aliphatic carbocycles. The first-order valence-electron chi connectivity index (χ1n) is 8.01. The molecular weight excluding hydrogens is 448 g/mol. The van der Waals surface area contributed by atoms with Crippen molar-refractivity contribution in [3.8, 4) is 11.4 Å². The van der Waals surface area contributed by atoms with E-state index in [2.05, 4.69) is 30.8 Å². The molecule has 1 atom stereocenters. The van der Waals surface area contributed by atoms with Crippen LogP contribution in [0.5, 0.6) is 5.75 Å². The van der Waals surface area contributed by atoms with Crippen LogP contribution in [0.3, 0.4) is 0 Å². The van der Waals surface area contributed by atoms with Gasteiger partial charge in [-0.05, 0) is 36.4 Å². The number of halogens is 1. The van der Waals surface area contributed by atoms with Gasteiger partial charge in [-0.1, -0.05) is 21.1 Å². The smallest absolute Gasteiger partial charge is 0.274 e. The Morgan fingerprint density at radius 3 is 2.82 bits per heavy atom. The lowest BCUT2D eigenvalue weighted by Gasteiger charge is -2.14. The summed E-state index contributed by atoms with van der Waals surface area (Å²) >= 11 is 3.40. The third-order valence-corrected chi connectivity index (χ3v) is 5.52. The van der Waals surface area contributed by atoms with Crippen LogP contribution < -0.4 is 15.0 Å². The van der Waals surface area contributed by atoms with Gasteiger partial charge in [0.2, 0.25) is 0 Å². The first-order chi connectivity index (χ1) is 13.6. The van der Waals surface area contributed by atoms with E-state index in [-0.39, 0.29) is 5.56 Å². The second-order valence-electron chi connectivity index (χ2n) is 5.65. The van der Waals surface area contributed by atoms with Crippen LogP contribution in [0.1, 0.15) is 0 Å². The van der Waals surface area contributed by atoms with Gasteiger partial charge in [0.1, 0.15) is 12.0 Å². The molecule has 1 unspecified atom stereocenters. The molecule has 142 valence electrons. The number of rotatable bonds is 5. The van der Waals surface area contributed by atoms with Gasteiger partial charge in [-0.25, -0.2) is 9.19 Å². The maximum atomic E-state index is 12.6. The Hall–Kier alpha value is -2.98. The van der Waals surface area contributed by atoms with Gasteiger partial charge >= 0.3 is 0 Å². The molecule has 0 amide bonds. The summed E-state index contributed by atoms with van der Waals surface area (Å²) in [6.07, 6.45) is 2.60. The minimum atomic E-state index is -1.57. The maximum absolute atomic E-state index is 12.6. The number of hydrogen-bond acceptors (Lipinski definition) is 6. The van der Waals surface area contributed by atoms with E-state index in [4.69, 9.17) is 9.26 Å². The Morgan fingerprint density at radius 2 is 2.07 bits per heavy atom. The molecule has 4 rings (SSSR count). The van der Waals surface area contributed by atoms with Gasteiger partial charge in [0.25, 0.3) is 5.56 Å². The van der Waals surface area contributed by atoms with Crippen LogP contribution in [-0.4, -0.2) is 26.0 Å². The fraction of sp³-hybridized carbons (Fsp3) is 0.0556. The zero-order valence-electron chi connectivity index (χ0n) is 14.5. The predicted octanol–water partition coefficient (Wildman–Crippen LogP) is 3.28. The number of hydrogen-bond donors (Lipinski definition) is 1. The highest BCUT2D eigenvalue weighted by Crippen LogP contribution is 2.28. The molecule has 0 aliphatic heterocycles. The molecule has 0 saturated heterocycles. The topological polar surface area (TPSA) is 99.2 Å². The Bertz CT molecular complexity index is 1240. The molecule has 0 saturated carbocycles. The van der Waals surface area contributed by atoms with Crippen molar-refractivity contribution in [3.05, 3.63) is 69.8 Å². The number of aromatic nitrogens is 3. The fourth-order valence-corrected chi connectivity index (χ4v) is 3.88. The number of nitrogens with one attached hydrogen (secondary N) is 1. The summed E-state index contributed by atoms with van der Waals surface area (Å²) < 4.78 is 27.7. The average molecular weight is 461 g/mol. The molecule has 0 aliphatic rings. The van der Waals surface area contributed by atoms with Crippen LogP contribution in [0, 0.1) is 0 Å². The van der Waals surface area contributed by atoms with Crippen molar-refractivity contribution in [1.82, 2.24) is 14.7 Å². The quantitative estimate of drug-likeness (QED) is 0.490. The molecule has 0 fully saturated rings. The Labute approximate surface area is 169 Å². The van der Waals surface area contributed by atoms with Gasteiger partial charge in [-0.3, -0.25) is 14.1 Å². The monoisotopic (exact) mass is 460 g/mol. The Kier molecular flexibility index (Phi) is 4.97. The van der Waals surface area contributed by atoms with Gasteiger partial charge < -0.3 is 9.26 Å². The number of ether oxygens (including phenoxy) is 1. The highest BCUT2D eigenvalue weighted by molar-refractivity contribution is 9.10. The third kappa shape index (κ3) is 3.43. The fourth-order valence-electron chi connectivity index (χ4n) is 2.72. The first-order valence-corrected chi connectivity index (χ1v) is 9.95. The normalized spacial score (nSPS) is 12.1. The van der Waals surface area contributed by atoms with E-state index in [1.807, 2.05) is 6.07 Å². The van der Waals surface area contributed by atoms with Crippen LogP contribution in [0.4, 0.5) is 5.82 Å². The van der Waals surface area contributed by atoms with E-state index < -0.39 is 11.0 Å². The van der Waals surface area contributed by atoms with E-state index in [9.17, 15) is 9.00 Å². The molecule has 28 heavy (non-hydrogen) atoms. The van der Waals surface area contributed by atoms with Gasteiger partial charge in [0.05, 0.1) is 34.9 Å². The molecule has 0 spiro atoms. The van der Waals surface area contributed by atoms with Gasteiger partial charge in [0.15, 0.2) is 16.8 Å². The number of nitrogens with zero attached hydrogens (tertiary/aromatic N) is 3. The lowest BCUT2D eigenvalue weighted by atomic mass is 10.2. The van der Waals surface area contributed by atoms with Gasteiger partial charge in [-0.15, -0.1) is 0 Å². The van der Waals surface area contributed by atoms with Crippen molar-refractivity contribution >= 4 is 43.8 Å². The zero-order chi connectivity index (χ0) is 19.7. The molecular formula is C18H13BrN4O4S. The third-order valence-electron chi connectivity index (χ3n) is 3.95. The number of fused-ring (bicyclic) bond motifs is 1. The average Bonchev–Trinajstić information content (AvgIpc) is 3.21. The van der Waals surface area contributed by atoms with Crippen molar-refractivity contribution in [3.63, 3.8) is 0 Å². The summed E-state index contributed by atoms with van der Waals surface area (Å²) in [4.78, 5) is 17.2. The summed E-state index contributed by atoms with van der Waals surface area (Å²) in [7, 11) is -0.0269. The SMILES string of the molecule is COc1cc(Br)ccc1-n1c(=O)cnc2cc(S(=O)Nc3ccon3)ccc21. The largest absolute Gasteiger partial charge is 0.495 e. The van der Waals surface area contributed by atoms with Crippen molar-refractivity contribution < 1.29 is 13.5 Å². The Balaban J connectivity index is 1.82. The predicted molar refractivity (Wildman–Crippen MR) is 108 cm³/mol. The van der Waals surface area contributed by atoms with Crippen molar-refractivity contribution in [1.29, 1.82) is 0 Å². The summed E-state index contributed by atoms with van der Waals surface area (Å²) in [5, 5.41) is 3.68. The van der Waals surface area contributed by atoms with E-state index in [1.54, 1.807) is 36.4 Å². The van der Waals surface area contributed by atoms with Crippen molar-refractivity contribution in [2.75, 3.05) is 11.8 Å². The molecule has 1 N–H and O–H groups in total. The van der Waals surface area contributed by atoms with E-state index in [0.717, 1.165) is 4.47 Å². The van der Waals surface area contributed by atoms with Crippen LogP contribution in [0.2, 0.25) is 0 Å². The molecule has 2 aromatic heterocycles. The van der Waals surface area contributed by atoms with Crippen LogP contribution in [0.15, 0.2) is 73.6 Å². The van der Waals surface area contributed by atoms with E-state index >= 15 is 0 Å². The standard InChI is InChI=1S/C18H13BrN4O4S/c1-26-16-8-11(19)2-4-15(16)23-14-5-3-12(9-13(14)20-10-18(23)24)28(25)22-17-6-7-27-21-17/h2-10H,1H3,(H,21,22). The summed E-state index contributed by atoms with van der Waals surface area (Å²) in [5.41, 5.74) is 1.35. The minimum absolute atomic E-state index is 0.303. The zero-order valence-corrected chi connectivity index (χ0v) is 16.9. The highest BCUT2D eigenvalue weighted by atomic mass is 79.9. The Morgan fingerprint density at radius 1 is 1.21 bits per heavy atom. The molecule has 8 nitrogen and oxygen atoms in total. The summed E-state index contributed by atoms with van der Waals surface area (Å²) in [5.74, 6) is 0.889. The molecule has 4 aromatic rings. The highest BCUT2D eigenvalue weighted by Gasteiger charge is 2.14. The molecule has 0 bridgehead atoms. The minimum Gasteiger partial charge on any atom is -0.495 e. The second kappa shape index (κ2) is 7.56. The van der Waals surface area contributed by atoms with Crippen LogP contribution >= 0.6 is 15.9 Å². The van der Waals surface area contributed by atoms with Crippen molar-refractivity contribution in [2.45, 2.75) is 4.90 Å². The van der Waals surface area contributed by atoms with Crippen molar-refractivity contribution in [2.24, 2.45) is 0 Å². The first kappa shape index (κ1) is 18.4. The molecule has 2 heterocycles. The molecule has 0 radical (unpaired) electrons. The lowest BCUT2D eigenvalue weighted by Crippen LogP contribution is -2.19. The van der Waals surface area contributed by atoms with Gasteiger partial charge in [0, 0.05) is 10.5 Å². The number of methoxy groups -OCH3 is 1. The number of benzene rings is 2. The summed E-state index contributed by atoms with van der Waals surface area (Å²) in [6.45, 7) is 0. The van der Waals surface area contributed by atoms with Gasteiger partial charge in [-0.2, -0.15) is 0 Å². The lowest BCUT2D eigenvalue weighted by molar-refractivity contribution is 0.412. The summed E-state index contributed by atoms with van der Waals surface area (Å²) in [6, 6.07) is 12.0. The number of anilines is 1.